The predicted molar refractivity (Wildman–Crippen MR) is 72.4 cm³/mol. The maximum atomic E-state index is 12.8. The molecule has 4 nitrogen and oxygen atoms in total. The minimum atomic E-state index is -0.488. The van der Waals surface area contributed by atoms with E-state index >= 15 is 0 Å². The van der Waals surface area contributed by atoms with Crippen molar-refractivity contribution in [1.29, 1.82) is 0 Å². The lowest BCUT2D eigenvalue weighted by Gasteiger charge is -2.15. The van der Waals surface area contributed by atoms with Crippen LogP contribution < -0.4 is 5.32 Å². The molecule has 0 aliphatic rings. The van der Waals surface area contributed by atoms with E-state index in [1.807, 2.05) is 0 Å². The Morgan fingerprint density at radius 2 is 2.00 bits per heavy atom. The van der Waals surface area contributed by atoms with Gasteiger partial charge in [-0.1, -0.05) is 28.1 Å². The number of rotatable bonds is 6. The summed E-state index contributed by atoms with van der Waals surface area (Å²) in [6.45, 7) is 0.189. The van der Waals surface area contributed by atoms with Gasteiger partial charge in [0.25, 0.3) is 0 Å². The van der Waals surface area contributed by atoms with E-state index in [-0.39, 0.29) is 23.6 Å². The molecule has 0 aliphatic heterocycles. The lowest BCUT2D eigenvalue weighted by molar-refractivity contribution is -0.145. The molecule has 0 heterocycles. The fraction of sp³-hybridized carbons (Fsp3) is 0.385. The SMILES string of the molecule is COC(=O)[C@H](CNC(=O)CBr)Cc1ccc(F)cc1. The number of hydrogen-bond acceptors (Lipinski definition) is 3. The molecule has 0 aromatic heterocycles. The van der Waals surface area contributed by atoms with E-state index in [0.29, 0.717) is 6.42 Å². The van der Waals surface area contributed by atoms with Crippen LogP contribution in [-0.4, -0.2) is 30.9 Å². The highest BCUT2D eigenvalue weighted by Gasteiger charge is 2.20. The summed E-state index contributed by atoms with van der Waals surface area (Å²) in [7, 11) is 1.30. The van der Waals surface area contributed by atoms with Gasteiger partial charge in [-0.15, -0.1) is 0 Å². The summed E-state index contributed by atoms with van der Waals surface area (Å²) in [4.78, 5) is 22.8. The van der Waals surface area contributed by atoms with Crippen LogP contribution in [0.2, 0.25) is 0 Å². The van der Waals surface area contributed by atoms with E-state index in [2.05, 4.69) is 21.2 Å². The monoisotopic (exact) mass is 331 g/mol. The number of halogens is 2. The van der Waals surface area contributed by atoms with Gasteiger partial charge in [0.15, 0.2) is 0 Å². The number of alkyl halides is 1. The van der Waals surface area contributed by atoms with Gasteiger partial charge >= 0.3 is 5.97 Å². The quantitative estimate of drug-likeness (QED) is 0.637. The second kappa shape index (κ2) is 7.89. The van der Waals surface area contributed by atoms with E-state index in [9.17, 15) is 14.0 Å². The van der Waals surface area contributed by atoms with Crippen molar-refractivity contribution in [2.45, 2.75) is 6.42 Å². The Labute approximate surface area is 119 Å². The molecule has 0 radical (unpaired) electrons. The normalized spacial score (nSPS) is 11.7. The Balaban J connectivity index is 2.66. The molecule has 19 heavy (non-hydrogen) atoms. The molecular formula is C13H15BrFNO3. The predicted octanol–water partition coefficient (Wildman–Crippen LogP) is 1.67. The Hall–Kier alpha value is -1.43. The van der Waals surface area contributed by atoms with Crippen molar-refractivity contribution >= 4 is 27.8 Å². The van der Waals surface area contributed by atoms with Gasteiger partial charge in [0.1, 0.15) is 5.82 Å². The van der Waals surface area contributed by atoms with E-state index in [1.165, 1.54) is 19.2 Å². The maximum Gasteiger partial charge on any atom is 0.310 e. The van der Waals surface area contributed by atoms with Crippen LogP contribution in [0.15, 0.2) is 24.3 Å². The molecule has 104 valence electrons. The van der Waals surface area contributed by atoms with E-state index in [1.54, 1.807) is 12.1 Å². The molecule has 0 unspecified atom stereocenters. The molecule has 0 saturated heterocycles. The molecule has 6 heteroatoms. The molecule has 0 saturated carbocycles. The average molecular weight is 332 g/mol. The second-order valence-corrected chi connectivity index (χ2v) is 4.55. The first-order valence-electron chi connectivity index (χ1n) is 5.71. The van der Waals surface area contributed by atoms with Gasteiger partial charge in [-0.25, -0.2) is 4.39 Å². The molecule has 0 spiro atoms. The Morgan fingerprint density at radius 1 is 1.37 bits per heavy atom. The van der Waals surface area contributed by atoms with Crippen molar-refractivity contribution in [3.05, 3.63) is 35.6 Å². The lowest BCUT2D eigenvalue weighted by atomic mass is 9.99. The molecular weight excluding hydrogens is 317 g/mol. The molecule has 1 aromatic carbocycles. The van der Waals surface area contributed by atoms with Crippen LogP contribution in [0.5, 0.6) is 0 Å². The van der Waals surface area contributed by atoms with Gasteiger partial charge in [-0.2, -0.15) is 0 Å². The van der Waals surface area contributed by atoms with Crippen molar-refractivity contribution in [3.8, 4) is 0 Å². The number of amides is 1. The maximum absolute atomic E-state index is 12.8. The molecule has 1 amide bonds. The first-order chi connectivity index (χ1) is 9.06. The minimum absolute atomic E-state index is 0.178. The number of benzene rings is 1. The summed E-state index contributed by atoms with van der Waals surface area (Å²) in [6.07, 6.45) is 0.384. The van der Waals surface area contributed by atoms with Crippen LogP contribution in [0, 0.1) is 11.7 Å². The van der Waals surface area contributed by atoms with Gasteiger partial charge in [-0.05, 0) is 24.1 Å². The number of methoxy groups -OCH3 is 1. The van der Waals surface area contributed by atoms with Gasteiger partial charge < -0.3 is 10.1 Å². The fourth-order valence-electron chi connectivity index (χ4n) is 1.59. The summed E-state index contributed by atoms with van der Waals surface area (Å²) >= 11 is 3.02. The van der Waals surface area contributed by atoms with Gasteiger partial charge in [0.2, 0.25) is 5.91 Å². The van der Waals surface area contributed by atoms with Crippen molar-refractivity contribution in [2.75, 3.05) is 19.0 Å². The van der Waals surface area contributed by atoms with Crippen LogP contribution >= 0.6 is 15.9 Å². The number of carbonyl (C=O) groups is 2. The van der Waals surface area contributed by atoms with Gasteiger partial charge in [0, 0.05) is 6.54 Å². The number of nitrogens with one attached hydrogen (secondary N) is 1. The van der Waals surface area contributed by atoms with Crippen LogP contribution in [0.1, 0.15) is 5.56 Å². The van der Waals surface area contributed by atoms with E-state index in [4.69, 9.17) is 4.74 Å². The Bertz CT molecular complexity index is 436. The molecule has 0 fully saturated rings. The van der Waals surface area contributed by atoms with Gasteiger partial charge in [-0.3, -0.25) is 9.59 Å². The van der Waals surface area contributed by atoms with Crippen molar-refractivity contribution in [2.24, 2.45) is 5.92 Å². The number of esters is 1. The van der Waals surface area contributed by atoms with Crippen molar-refractivity contribution in [3.63, 3.8) is 0 Å². The summed E-state index contributed by atoms with van der Waals surface area (Å²) < 4.78 is 17.5. The third-order valence-corrected chi connectivity index (χ3v) is 3.11. The largest absolute Gasteiger partial charge is 0.469 e. The average Bonchev–Trinajstić information content (AvgIpc) is 2.44. The highest BCUT2D eigenvalue weighted by atomic mass is 79.9. The molecule has 1 N–H and O–H groups in total. The summed E-state index contributed by atoms with van der Waals surface area (Å²) in [6, 6.07) is 5.89. The van der Waals surface area contributed by atoms with E-state index in [0.717, 1.165) is 5.56 Å². The zero-order chi connectivity index (χ0) is 14.3. The van der Waals surface area contributed by atoms with Crippen LogP contribution in [0.4, 0.5) is 4.39 Å². The van der Waals surface area contributed by atoms with Crippen molar-refractivity contribution in [1.82, 2.24) is 5.32 Å². The Kier molecular flexibility index (Phi) is 6.49. The smallest absolute Gasteiger partial charge is 0.310 e. The number of ether oxygens (including phenoxy) is 1. The standard InChI is InChI=1S/C13H15BrFNO3/c1-19-13(18)10(8-16-12(17)7-14)6-9-2-4-11(15)5-3-9/h2-5,10H,6-8H2,1H3,(H,16,17)/t10-/m0/s1. The summed E-state index contributed by atoms with van der Waals surface area (Å²) in [5.74, 6) is -1.42. The zero-order valence-electron chi connectivity index (χ0n) is 10.5. The minimum Gasteiger partial charge on any atom is -0.469 e. The molecule has 1 aromatic rings. The second-order valence-electron chi connectivity index (χ2n) is 3.99. The highest BCUT2D eigenvalue weighted by Crippen LogP contribution is 2.11. The molecule has 1 rings (SSSR count). The fourth-order valence-corrected chi connectivity index (χ4v) is 1.79. The van der Waals surface area contributed by atoms with E-state index < -0.39 is 11.9 Å². The number of carbonyl (C=O) groups excluding carboxylic acids is 2. The van der Waals surface area contributed by atoms with Crippen LogP contribution in [0.3, 0.4) is 0 Å². The lowest BCUT2D eigenvalue weighted by Crippen LogP contribution is -2.35. The molecule has 1 atom stereocenters. The highest BCUT2D eigenvalue weighted by molar-refractivity contribution is 9.09. The van der Waals surface area contributed by atoms with Gasteiger partial charge in [0.05, 0.1) is 18.4 Å². The molecule has 0 bridgehead atoms. The first-order valence-corrected chi connectivity index (χ1v) is 6.84. The number of hydrogen-bond donors (Lipinski definition) is 1. The third kappa shape index (κ3) is 5.38. The topological polar surface area (TPSA) is 55.4 Å². The van der Waals surface area contributed by atoms with Crippen molar-refractivity contribution < 1.29 is 18.7 Å². The van der Waals surface area contributed by atoms with Crippen LogP contribution in [-0.2, 0) is 20.7 Å². The third-order valence-electron chi connectivity index (χ3n) is 2.60. The Morgan fingerprint density at radius 3 is 2.53 bits per heavy atom. The zero-order valence-corrected chi connectivity index (χ0v) is 12.1. The van der Waals surface area contributed by atoms with Crippen LogP contribution in [0.25, 0.3) is 0 Å². The first kappa shape index (κ1) is 15.6. The molecule has 0 aliphatic carbocycles. The summed E-state index contributed by atoms with van der Waals surface area (Å²) in [5.41, 5.74) is 0.810. The summed E-state index contributed by atoms with van der Waals surface area (Å²) in [5, 5.41) is 2.80.